The van der Waals surface area contributed by atoms with Crippen molar-refractivity contribution >= 4 is 29.1 Å². The van der Waals surface area contributed by atoms with Gasteiger partial charge in [-0.1, -0.05) is 17.7 Å². The number of ether oxygens (including phenoxy) is 1. The van der Waals surface area contributed by atoms with Crippen molar-refractivity contribution in [1.29, 1.82) is 0 Å². The van der Waals surface area contributed by atoms with Crippen LogP contribution in [-0.2, 0) is 4.79 Å². The predicted molar refractivity (Wildman–Crippen MR) is 80.5 cm³/mol. The van der Waals surface area contributed by atoms with Gasteiger partial charge in [-0.2, -0.15) is 0 Å². The Morgan fingerprint density at radius 2 is 1.86 bits per heavy atom. The average molecular weight is 305 g/mol. The van der Waals surface area contributed by atoms with Gasteiger partial charge in [0, 0.05) is 16.3 Å². The van der Waals surface area contributed by atoms with Gasteiger partial charge in [0.1, 0.15) is 5.75 Å². The highest BCUT2D eigenvalue weighted by Crippen LogP contribution is 2.15. The van der Waals surface area contributed by atoms with Gasteiger partial charge in [-0.3, -0.25) is 9.59 Å². The number of hydrogen-bond donors (Lipinski definition) is 2. The Labute approximate surface area is 126 Å². The first-order valence-electron chi connectivity index (χ1n) is 6.12. The van der Waals surface area contributed by atoms with E-state index in [1.807, 2.05) is 0 Å². The number of rotatable bonds is 5. The van der Waals surface area contributed by atoms with E-state index in [2.05, 4.69) is 5.32 Å². The fourth-order valence-electron chi connectivity index (χ4n) is 1.63. The van der Waals surface area contributed by atoms with E-state index in [0.29, 0.717) is 22.0 Å². The van der Waals surface area contributed by atoms with Crippen molar-refractivity contribution in [2.24, 2.45) is 5.73 Å². The van der Waals surface area contributed by atoms with Crippen LogP contribution < -0.4 is 15.8 Å². The second-order valence-corrected chi connectivity index (χ2v) is 4.67. The Hall–Kier alpha value is -2.53. The van der Waals surface area contributed by atoms with E-state index in [1.165, 1.54) is 12.1 Å². The van der Waals surface area contributed by atoms with Gasteiger partial charge in [0.15, 0.2) is 6.61 Å². The molecule has 0 radical (unpaired) electrons. The van der Waals surface area contributed by atoms with Crippen molar-refractivity contribution in [3.8, 4) is 5.75 Å². The number of nitrogens with two attached hydrogens (primary N) is 1. The number of primary amides is 1. The number of anilines is 1. The number of carbonyl (C=O) groups is 2. The van der Waals surface area contributed by atoms with E-state index in [1.54, 1.807) is 36.4 Å². The molecule has 0 spiro atoms. The van der Waals surface area contributed by atoms with Crippen molar-refractivity contribution in [2.75, 3.05) is 11.9 Å². The molecular weight excluding hydrogens is 292 g/mol. The lowest BCUT2D eigenvalue weighted by Crippen LogP contribution is -2.20. The number of hydrogen-bond acceptors (Lipinski definition) is 3. The molecule has 0 aliphatic carbocycles. The molecule has 2 rings (SSSR count). The molecule has 0 aliphatic rings. The monoisotopic (exact) mass is 304 g/mol. The summed E-state index contributed by atoms with van der Waals surface area (Å²) < 4.78 is 5.31. The highest BCUT2D eigenvalue weighted by Gasteiger charge is 2.05. The van der Waals surface area contributed by atoms with Crippen molar-refractivity contribution in [3.63, 3.8) is 0 Å². The van der Waals surface area contributed by atoms with Gasteiger partial charge in [-0.05, 0) is 42.5 Å². The highest BCUT2D eigenvalue weighted by molar-refractivity contribution is 6.30. The smallest absolute Gasteiger partial charge is 0.262 e. The SMILES string of the molecule is NC(=O)c1ccc(OCC(=O)Nc2cccc(Cl)c2)cc1. The summed E-state index contributed by atoms with van der Waals surface area (Å²) in [6.45, 7) is -0.150. The molecular formula is C15H13ClN2O3. The Bertz CT molecular complexity index is 656. The average Bonchev–Trinajstić information content (AvgIpc) is 2.45. The first-order chi connectivity index (χ1) is 10.0. The van der Waals surface area contributed by atoms with Crippen molar-refractivity contribution in [2.45, 2.75) is 0 Å². The van der Waals surface area contributed by atoms with E-state index in [9.17, 15) is 9.59 Å². The quantitative estimate of drug-likeness (QED) is 0.890. The minimum absolute atomic E-state index is 0.150. The zero-order chi connectivity index (χ0) is 15.2. The molecule has 5 nitrogen and oxygen atoms in total. The van der Waals surface area contributed by atoms with Gasteiger partial charge < -0.3 is 15.8 Å². The molecule has 0 bridgehead atoms. The largest absolute Gasteiger partial charge is 0.484 e. The van der Waals surface area contributed by atoms with Gasteiger partial charge in [0.25, 0.3) is 5.91 Å². The van der Waals surface area contributed by atoms with E-state index < -0.39 is 5.91 Å². The maximum atomic E-state index is 11.7. The first kappa shape index (κ1) is 14.9. The molecule has 0 aliphatic heterocycles. The minimum atomic E-state index is -0.514. The topological polar surface area (TPSA) is 81.4 Å². The fourth-order valence-corrected chi connectivity index (χ4v) is 1.82. The summed E-state index contributed by atoms with van der Waals surface area (Å²) in [5, 5.41) is 3.20. The number of benzene rings is 2. The molecule has 0 heterocycles. The van der Waals surface area contributed by atoms with Gasteiger partial charge in [-0.25, -0.2) is 0 Å². The van der Waals surface area contributed by atoms with Crippen LogP contribution in [0.15, 0.2) is 48.5 Å². The molecule has 6 heteroatoms. The van der Waals surface area contributed by atoms with E-state index in [4.69, 9.17) is 22.1 Å². The van der Waals surface area contributed by atoms with Gasteiger partial charge >= 0.3 is 0 Å². The molecule has 108 valence electrons. The molecule has 0 fully saturated rings. The lowest BCUT2D eigenvalue weighted by Gasteiger charge is -2.08. The number of carbonyl (C=O) groups excluding carboxylic acids is 2. The third-order valence-electron chi connectivity index (χ3n) is 2.62. The Morgan fingerprint density at radius 3 is 2.48 bits per heavy atom. The van der Waals surface area contributed by atoms with Crippen LogP contribution in [0.5, 0.6) is 5.75 Å². The van der Waals surface area contributed by atoms with Crippen molar-refractivity contribution in [1.82, 2.24) is 0 Å². The van der Waals surface area contributed by atoms with Crippen LogP contribution in [0.2, 0.25) is 5.02 Å². The van der Waals surface area contributed by atoms with Crippen LogP contribution in [0.4, 0.5) is 5.69 Å². The third-order valence-corrected chi connectivity index (χ3v) is 2.85. The lowest BCUT2D eigenvalue weighted by atomic mass is 10.2. The van der Waals surface area contributed by atoms with E-state index in [-0.39, 0.29) is 12.5 Å². The van der Waals surface area contributed by atoms with E-state index >= 15 is 0 Å². The summed E-state index contributed by atoms with van der Waals surface area (Å²) in [6.07, 6.45) is 0. The van der Waals surface area contributed by atoms with Gasteiger partial charge in [0.2, 0.25) is 5.91 Å². The highest BCUT2D eigenvalue weighted by atomic mass is 35.5. The Kier molecular flexibility index (Phi) is 4.79. The zero-order valence-corrected chi connectivity index (χ0v) is 11.8. The molecule has 2 aromatic rings. The molecule has 0 saturated heterocycles. The Balaban J connectivity index is 1.87. The van der Waals surface area contributed by atoms with Gasteiger partial charge in [-0.15, -0.1) is 0 Å². The number of nitrogens with one attached hydrogen (secondary N) is 1. The minimum Gasteiger partial charge on any atom is -0.484 e. The summed E-state index contributed by atoms with van der Waals surface area (Å²) in [5.74, 6) is -0.349. The summed E-state index contributed by atoms with van der Waals surface area (Å²) in [6, 6.07) is 13.0. The van der Waals surface area contributed by atoms with Crippen molar-refractivity contribution in [3.05, 3.63) is 59.1 Å². The summed E-state index contributed by atoms with van der Waals surface area (Å²) in [7, 11) is 0. The second kappa shape index (κ2) is 6.76. The predicted octanol–water partition coefficient (Wildman–Crippen LogP) is 2.46. The first-order valence-corrected chi connectivity index (χ1v) is 6.50. The number of halogens is 1. The molecule has 3 N–H and O–H groups in total. The maximum absolute atomic E-state index is 11.7. The molecule has 2 amide bonds. The zero-order valence-electron chi connectivity index (χ0n) is 11.0. The molecule has 0 atom stereocenters. The number of amides is 2. The van der Waals surface area contributed by atoms with Crippen molar-refractivity contribution < 1.29 is 14.3 Å². The molecule has 21 heavy (non-hydrogen) atoms. The summed E-state index contributed by atoms with van der Waals surface area (Å²) in [5.41, 5.74) is 6.11. The van der Waals surface area contributed by atoms with Crippen LogP contribution in [-0.4, -0.2) is 18.4 Å². The van der Waals surface area contributed by atoms with E-state index in [0.717, 1.165) is 0 Å². The second-order valence-electron chi connectivity index (χ2n) is 4.24. The molecule has 0 aromatic heterocycles. The normalized spacial score (nSPS) is 9.95. The Morgan fingerprint density at radius 1 is 1.14 bits per heavy atom. The lowest BCUT2D eigenvalue weighted by molar-refractivity contribution is -0.118. The summed E-state index contributed by atoms with van der Waals surface area (Å²) in [4.78, 5) is 22.6. The molecule has 0 saturated carbocycles. The van der Waals surface area contributed by atoms with Gasteiger partial charge in [0.05, 0.1) is 0 Å². The van der Waals surface area contributed by atoms with Crippen LogP contribution in [0.25, 0.3) is 0 Å². The van der Waals surface area contributed by atoms with Crippen LogP contribution in [0.3, 0.4) is 0 Å². The maximum Gasteiger partial charge on any atom is 0.262 e. The third kappa shape index (κ3) is 4.50. The standard InChI is InChI=1S/C15H13ClN2O3/c16-11-2-1-3-12(8-11)18-14(19)9-21-13-6-4-10(5-7-13)15(17)20/h1-8H,9H2,(H2,17,20)(H,18,19). The molecule has 2 aromatic carbocycles. The van der Waals surface area contributed by atoms with Crippen LogP contribution in [0, 0.1) is 0 Å². The van der Waals surface area contributed by atoms with Crippen LogP contribution in [0.1, 0.15) is 10.4 Å². The van der Waals surface area contributed by atoms with Crippen LogP contribution >= 0.6 is 11.6 Å². The summed E-state index contributed by atoms with van der Waals surface area (Å²) >= 11 is 5.82. The molecule has 0 unspecified atom stereocenters. The fraction of sp³-hybridized carbons (Fsp3) is 0.0667.